The number of halogens is 1. The maximum absolute atomic E-state index is 6.01. The molecule has 4 aromatic rings. The number of hydrogen-bond acceptors (Lipinski definition) is 7. The molecule has 0 saturated carbocycles. The van der Waals surface area contributed by atoms with Gasteiger partial charge in [-0.2, -0.15) is 4.68 Å². The monoisotopic (exact) mass is 467 g/mol. The molecule has 0 aliphatic heterocycles. The lowest BCUT2D eigenvalue weighted by atomic mass is 10.1. The van der Waals surface area contributed by atoms with E-state index < -0.39 is 0 Å². The zero-order chi connectivity index (χ0) is 22.2. The van der Waals surface area contributed by atoms with E-state index in [0.29, 0.717) is 31.2 Å². The van der Waals surface area contributed by atoms with Gasteiger partial charge in [-0.15, -0.1) is 12.4 Å². The largest absolute Gasteiger partial charge is 0.496 e. The van der Waals surface area contributed by atoms with Crippen LogP contribution in [-0.2, 0) is 13.1 Å². The fourth-order valence-corrected chi connectivity index (χ4v) is 3.28. The van der Waals surface area contributed by atoms with Gasteiger partial charge in [0.1, 0.15) is 5.75 Å². The number of aromatic nitrogens is 4. The van der Waals surface area contributed by atoms with Gasteiger partial charge in [0.2, 0.25) is 0 Å². The first-order valence-electron chi connectivity index (χ1n) is 10.4. The number of rotatable bonds is 10. The van der Waals surface area contributed by atoms with E-state index in [1.54, 1.807) is 11.8 Å². The molecular formula is C24H26ClN5O3. The Balaban J connectivity index is 0.00000306. The molecule has 33 heavy (non-hydrogen) atoms. The van der Waals surface area contributed by atoms with Crippen LogP contribution in [0.2, 0.25) is 0 Å². The van der Waals surface area contributed by atoms with Crippen molar-refractivity contribution in [2.45, 2.75) is 20.0 Å². The Kier molecular flexibility index (Phi) is 8.63. The number of ether oxygens (including phenoxy) is 3. The fraction of sp³-hybridized carbons (Fsp3) is 0.208. The lowest BCUT2D eigenvalue weighted by Gasteiger charge is -2.13. The number of benzene rings is 3. The van der Waals surface area contributed by atoms with Crippen LogP contribution in [-0.4, -0.2) is 33.9 Å². The minimum Gasteiger partial charge on any atom is -0.496 e. The Morgan fingerprint density at radius 3 is 2.45 bits per heavy atom. The van der Waals surface area contributed by atoms with E-state index in [1.165, 1.54) is 0 Å². The molecule has 0 spiro atoms. The van der Waals surface area contributed by atoms with E-state index >= 15 is 0 Å². The van der Waals surface area contributed by atoms with Gasteiger partial charge in [0, 0.05) is 18.7 Å². The molecule has 1 N–H and O–H groups in total. The van der Waals surface area contributed by atoms with Crippen LogP contribution in [0.5, 0.6) is 23.3 Å². The van der Waals surface area contributed by atoms with E-state index in [-0.39, 0.29) is 18.4 Å². The highest BCUT2D eigenvalue weighted by atomic mass is 35.5. The molecule has 3 aromatic carbocycles. The first-order valence-corrected chi connectivity index (χ1v) is 10.4. The van der Waals surface area contributed by atoms with E-state index in [4.69, 9.17) is 14.2 Å². The number of hydrogen-bond donors (Lipinski definition) is 1. The first kappa shape index (κ1) is 24.0. The van der Waals surface area contributed by atoms with Gasteiger partial charge in [0.25, 0.3) is 0 Å². The Morgan fingerprint density at radius 1 is 0.879 bits per heavy atom. The third kappa shape index (κ3) is 6.00. The molecule has 8 nitrogen and oxygen atoms in total. The summed E-state index contributed by atoms with van der Waals surface area (Å²) < 4.78 is 18.8. The standard InChI is InChI=1S/C24H25N5O3.ClH/c1-3-31-23-15-18(16-25-17-19-9-7-8-12-21(19)30-2)13-14-22(23)32-24-26-27-28-29(24)20-10-5-4-6-11-20;/h4-15,25H,3,16-17H2,1-2H3;1H. The van der Waals surface area contributed by atoms with Crippen LogP contribution in [0.25, 0.3) is 5.69 Å². The number of nitrogens with zero attached hydrogens (tertiary/aromatic N) is 4. The second kappa shape index (κ2) is 11.8. The van der Waals surface area contributed by atoms with Crippen molar-refractivity contribution in [2.24, 2.45) is 0 Å². The molecule has 0 amide bonds. The predicted octanol–water partition coefficient (Wildman–Crippen LogP) is 4.57. The van der Waals surface area contributed by atoms with Crippen molar-refractivity contribution in [1.29, 1.82) is 0 Å². The van der Waals surface area contributed by atoms with Crippen molar-refractivity contribution >= 4 is 12.4 Å². The molecule has 0 aliphatic carbocycles. The molecule has 0 aliphatic rings. The summed E-state index contributed by atoms with van der Waals surface area (Å²) >= 11 is 0. The van der Waals surface area contributed by atoms with Gasteiger partial charge in [-0.05, 0) is 53.2 Å². The van der Waals surface area contributed by atoms with Gasteiger partial charge < -0.3 is 19.5 Å². The molecular weight excluding hydrogens is 442 g/mol. The lowest BCUT2D eigenvalue weighted by Crippen LogP contribution is -2.13. The highest BCUT2D eigenvalue weighted by Gasteiger charge is 2.14. The van der Waals surface area contributed by atoms with Gasteiger partial charge in [-0.25, -0.2) is 0 Å². The Hall–Kier alpha value is -3.62. The molecule has 1 heterocycles. The summed E-state index contributed by atoms with van der Waals surface area (Å²) in [6.07, 6.45) is 0. The fourth-order valence-electron chi connectivity index (χ4n) is 3.28. The number of nitrogens with one attached hydrogen (secondary N) is 1. The van der Waals surface area contributed by atoms with Crippen LogP contribution < -0.4 is 19.5 Å². The second-order valence-electron chi connectivity index (χ2n) is 6.94. The average Bonchev–Trinajstić information content (AvgIpc) is 3.30. The number of tetrazole rings is 1. The van der Waals surface area contributed by atoms with Crippen molar-refractivity contribution in [3.63, 3.8) is 0 Å². The molecule has 0 bridgehead atoms. The van der Waals surface area contributed by atoms with Crippen molar-refractivity contribution in [3.8, 4) is 28.9 Å². The molecule has 0 atom stereocenters. The lowest BCUT2D eigenvalue weighted by molar-refractivity contribution is 0.315. The van der Waals surface area contributed by atoms with Crippen molar-refractivity contribution in [2.75, 3.05) is 13.7 Å². The maximum atomic E-state index is 6.01. The first-order chi connectivity index (χ1) is 15.8. The Labute approximate surface area is 198 Å². The third-order valence-electron chi connectivity index (χ3n) is 4.79. The summed E-state index contributed by atoms with van der Waals surface area (Å²) in [4.78, 5) is 0. The Morgan fingerprint density at radius 2 is 1.67 bits per heavy atom. The van der Waals surface area contributed by atoms with Gasteiger partial charge in [0.15, 0.2) is 11.5 Å². The van der Waals surface area contributed by atoms with Gasteiger partial charge in [-0.3, -0.25) is 0 Å². The van der Waals surface area contributed by atoms with Crippen molar-refractivity contribution in [1.82, 2.24) is 25.5 Å². The predicted molar refractivity (Wildman–Crippen MR) is 128 cm³/mol. The van der Waals surface area contributed by atoms with Crippen LogP contribution in [0.3, 0.4) is 0 Å². The maximum Gasteiger partial charge on any atom is 0.346 e. The molecule has 9 heteroatoms. The Bertz CT molecular complexity index is 1150. The summed E-state index contributed by atoms with van der Waals surface area (Å²) in [6, 6.07) is 23.6. The number of para-hydroxylation sites is 2. The quantitative estimate of drug-likeness (QED) is 0.365. The van der Waals surface area contributed by atoms with E-state index in [2.05, 4.69) is 20.8 Å². The second-order valence-corrected chi connectivity index (χ2v) is 6.94. The van der Waals surface area contributed by atoms with Gasteiger partial charge in [-0.1, -0.05) is 47.6 Å². The summed E-state index contributed by atoms with van der Waals surface area (Å²) in [7, 11) is 1.68. The molecule has 172 valence electrons. The number of methoxy groups -OCH3 is 1. The van der Waals surface area contributed by atoms with E-state index in [1.807, 2.05) is 79.7 Å². The molecule has 4 rings (SSSR count). The highest BCUT2D eigenvalue weighted by Crippen LogP contribution is 2.32. The van der Waals surface area contributed by atoms with Crippen LogP contribution in [0.1, 0.15) is 18.1 Å². The van der Waals surface area contributed by atoms with Crippen molar-refractivity contribution in [3.05, 3.63) is 83.9 Å². The molecule has 1 aromatic heterocycles. The summed E-state index contributed by atoms with van der Waals surface area (Å²) in [5, 5.41) is 15.2. The third-order valence-corrected chi connectivity index (χ3v) is 4.79. The molecule has 0 fully saturated rings. The zero-order valence-corrected chi connectivity index (χ0v) is 19.3. The molecule has 0 saturated heterocycles. The zero-order valence-electron chi connectivity index (χ0n) is 18.5. The molecule has 0 radical (unpaired) electrons. The van der Waals surface area contributed by atoms with Crippen LogP contribution >= 0.6 is 12.4 Å². The SMILES string of the molecule is CCOc1cc(CNCc2ccccc2OC)ccc1Oc1nnnn1-c1ccccc1.Cl. The minimum atomic E-state index is 0. The summed E-state index contributed by atoms with van der Waals surface area (Å²) in [5.74, 6) is 2.05. The summed E-state index contributed by atoms with van der Waals surface area (Å²) in [5.41, 5.74) is 2.98. The molecule has 0 unspecified atom stereocenters. The van der Waals surface area contributed by atoms with Gasteiger partial charge in [0.05, 0.1) is 19.4 Å². The summed E-state index contributed by atoms with van der Waals surface area (Å²) in [6.45, 7) is 3.81. The van der Waals surface area contributed by atoms with E-state index in [9.17, 15) is 0 Å². The topological polar surface area (TPSA) is 83.3 Å². The van der Waals surface area contributed by atoms with Crippen molar-refractivity contribution < 1.29 is 14.2 Å². The smallest absolute Gasteiger partial charge is 0.346 e. The highest BCUT2D eigenvalue weighted by molar-refractivity contribution is 5.85. The average molecular weight is 468 g/mol. The van der Waals surface area contributed by atoms with Gasteiger partial charge >= 0.3 is 6.01 Å². The van der Waals surface area contributed by atoms with E-state index in [0.717, 1.165) is 22.6 Å². The van der Waals surface area contributed by atoms with Crippen LogP contribution in [0.4, 0.5) is 0 Å². The normalized spacial score (nSPS) is 10.4. The minimum absolute atomic E-state index is 0. The van der Waals surface area contributed by atoms with Crippen LogP contribution in [0, 0.1) is 0 Å². The van der Waals surface area contributed by atoms with Crippen LogP contribution in [0.15, 0.2) is 72.8 Å².